The van der Waals surface area contributed by atoms with Gasteiger partial charge in [0.2, 0.25) is 0 Å². The van der Waals surface area contributed by atoms with E-state index in [-0.39, 0.29) is 6.10 Å². The molecule has 1 fully saturated rings. The summed E-state index contributed by atoms with van der Waals surface area (Å²) >= 11 is 7.57. The van der Waals surface area contributed by atoms with Gasteiger partial charge in [-0.1, -0.05) is 11.6 Å². The number of rotatable bonds is 3. The number of ether oxygens (including phenoxy) is 1. The normalized spacial score (nSPS) is 15.3. The van der Waals surface area contributed by atoms with E-state index >= 15 is 0 Å². The second kappa shape index (κ2) is 7.35. The Morgan fingerprint density at radius 2 is 1.97 bits per heavy atom. The van der Waals surface area contributed by atoms with E-state index in [1.54, 1.807) is 29.9 Å². The van der Waals surface area contributed by atoms with Crippen LogP contribution in [-0.2, 0) is 0 Å². The number of thiophene rings is 1. The third-order valence-electron chi connectivity index (χ3n) is 5.39. The average molecular weight is 427 g/mol. The molecule has 4 aromatic rings. The lowest BCUT2D eigenvalue weighted by Gasteiger charge is -2.33. The van der Waals surface area contributed by atoms with Gasteiger partial charge < -0.3 is 9.64 Å². The molecule has 5 heterocycles. The first-order valence-corrected chi connectivity index (χ1v) is 10.7. The Morgan fingerprint density at radius 1 is 1.14 bits per heavy atom. The fourth-order valence-corrected chi connectivity index (χ4v) is 5.05. The monoisotopic (exact) mass is 426 g/mol. The van der Waals surface area contributed by atoms with E-state index < -0.39 is 0 Å². The van der Waals surface area contributed by atoms with Gasteiger partial charge in [0.25, 0.3) is 0 Å². The highest BCUT2D eigenvalue weighted by Crippen LogP contribution is 2.38. The molecule has 1 aliphatic rings. The van der Waals surface area contributed by atoms with Crippen molar-refractivity contribution in [2.45, 2.75) is 32.8 Å². The van der Waals surface area contributed by atoms with E-state index in [1.165, 1.54) is 0 Å². The molecule has 0 atom stereocenters. The number of fused-ring (bicyclic) bond motifs is 3. The molecule has 0 bridgehead atoms. The maximum atomic E-state index is 6.09. The molecule has 0 saturated carbocycles. The molecule has 0 aliphatic carbocycles. The van der Waals surface area contributed by atoms with Crippen molar-refractivity contribution in [1.29, 1.82) is 0 Å². The third kappa shape index (κ3) is 3.36. The number of aryl methyl sites for hydroxylation is 2. The van der Waals surface area contributed by atoms with Crippen LogP contribution in [0.25, 0.3) is 20.4 Å². The Kier molecular flexibility index (Phi) is 4.67. The van der Waals surface area contributed by atoms with Crippen LogP contribution in [-0.4, -0.2) is 44.3 Å². The second-order valence-electron chi connectivity index (χ2n) is 7.19. The fraction of sp³-hybridized carbons (Fsp3) is 0.350. The first kappa shape index (κ1) is 18.4. The molecule has 0 N–H and O–H groups in total. The summed E-state index contributed by atoms with van der Waals surface area (Å²) in [7, 11) is 0. The van der Waals surface area contributed by atoms with Crippen molar-refractivity contribution in [2.75, 3.05) is 18.0 Å². The first-order valence-electron chi connectivity index (χ1n) is 9.50. The molecule has 9 heteroatoms. The zero-order valence-electron chi connectivity index (χ0n) is 16.1. The van der Waals surface area contributed by atoms with Gasteiger partial charge >= 0.3 is 0 Å². The standard InChI is InChI=1S/C20H19ClN6OS/c1-11-12(2)25-26-20-16(11)17-18(29-20)19(24-10-23-17)27-7-4-13(5-8-27)28-14-3-6-22-15(21)9-14/h3,6,9-10,13H,4-5,7-8H2,1-2H3. The van der Waals surface area contributed by atoms with Gasteiger partial charge in [0.15, 0.2) is 0 Å². The van der Waals surface area contributed by atoms with Crippen LogP contribution >= 0.6 is 22.9 Å². The van der Waals surface area contributed by atoms with Gasteiger partial charge in [-0.15, -0.1) is 16.4 Å². The summed E-state index contributed by atoms with van der Waals surface area (Å²) in [6.45, 7) is 5.80. The lowest BCUT2D eigenvalue weighted by atomic mass is 10.1. The summed E-state index contributed by atoms with van der Waals surface area (Å²) in [6.07, 6.45) is 5.29. The van der Waals surface area contributed by atoms with Crippen LogP contribution in [0.15, 0.2) is 24.7 Å². The predicted octanol–water partition coefficient (Wildman–Crippen LogP) is 4.35. The van der Waals surface area contributed by atoms with Gasteiger partial charge in [0.05, 0.1) is 15.9 Å². The van der Waals surface area contributed by atoms with Crippen molar-refractivity contribution < 1.29 is 4.74 Å². The third-order valence-corrected chi connectivity index (χ3v) is 6.65. The summed E-state index contributed by atoms with van der Waals surface area (Å²) in [6, 6.07) is 3.60. The molecule has 4 aromatic heterocycles. The van der Waals surface area contributed by atoms with Gasteiger partial charge in [-0.05, 0) is 25.5 Å². The van der Waals surface area contributed by atoms with E-state index in [0.29, 0.717) is 5.15 Å². The van der Waals surface area contributed by atoms with Crippen LogP contribution in [0.4, 0.5) is 5.82 Å². The van der Waals surface area contributed by atoms with Crippen LogP contribution in [0.2, 0.25) is 5.15 Å². The molecule has 1 aliphatic heterocycles. The number of anilines is 1. The molecular weight excluding hydrogens is 408 g/mol. The van der Waals surface area contributed by atoms with Crippen LogP contribution < -0.4 is 9.64 Å². The molecule has 0 amide bonds. The number of halogens is 1. The number of hydrogen-bond donors (Lipinski definition) is 0. The molecule has 1 saturated heterocycles. The molecule has 5 rings (SSSR count). The number of aromatic nitrogens is 5. The zero-order chi connectivity index (χ0) is 20.0. The molecule has 0 spiro atoms. The highest BCUT2D eigenvalue weighted by molar-refractivity contribution is 7.26. The van der Waals surface area contributed by atoms with Crippen molar-refractivity contribution in [3.63, 3.8) is 0 Å². The van der Waals surface area contributed by atoms with Crippen molar-refractivity contribution in [1.82, 2.24) is 25.1 Å². The smallest absolute Gasteiger partial charge is 0.150 e. The summed E-state index contributed by atoms with van der Waals surface area (Å²) in [4.78, 5) is 16.4. The van der Waals surface area contributed by atoms with Crippen LogP contribution in [0, 0.1) is 13.8 Å². The minimum Gasteiger partial charge on any atom is -0.490 e. The highest BCUT2D eigenvalue weighted by atomic mass is 35.5. The fourth-order valence-electron chi connectivity index (χ4n) is 3.73. The molecule has 0 unspecified atom stereocenters. The molecule has 7 nitrogen and oxygen atoms in total. The number of hydrogen-bond acceptors (Lipinski definition) is 8. The second-order valence-corrected chi connectivity index (χ2v) is 8.57. The predicted molar refractivity (Wildman–Crippen MR) is 115 cm³/mol. The van der Waals surface area contributed by atoms with Gasteiger partial charge in [0, 0.05) is 43.6 Å². The van der Waals surface area contributed by atoms with Gasteiger partial charge in [-0.3, -0.25) is 0 Å². The lowest BCUT2D eigenvalue weighted by molar-refractivity contribution is 0.170. The number of pyridine rings is 1. The van der Waals surface area contributed by atoms with E-state index in [1.807, 2.05) is 13.0 Å². The van der Waals surface area contributed by atoms with Crippen molar-refractivity contribution >= 4 is 49.2 Å². The van der Waals surface area contributed by atoms with Crippen LogP contribution in [0.1, 0.15) is 24.1 Å². The van der Waals surface area contributed by atoms with Gasteiger partial charge in [-0.25, -0.2) is 15.0 Å². The summed E-state index contributed by atoms with van der Waals surface area (Å²) in [5.74, 6) is 1.74. The quantitative estimate of drug-likeness (QED) is 0.451. The van der Waals surface area contributed by atoms with E-state index in [2.05, 4.69) is 37.0 Å². The summed E-state index contributed by atoms with van der Waals surface area (Å²) < 4.78 is 7.16. The summed E-state index contributed by atoms with van der Waals surface area (Å²) in [5.41, 5.74) is 3.04. The van der Waals surface area contributed by atoms with E-state index in [0.717, 1.165) is 69.2 Å². The molecule has 0 radical (unpaired) electrons. The maximum absolute atomic E-state index is 6.09. The van der Waals surface area contributed by atoms with Gasteiger partial charge in [0.1, 0.15) is 34.0 Å². The maximum Gasteiger partial charge on any atom is 0.150 e. The highest BCUT2D eigenvalue weighted by Gasteiger charge is 2.25. The largest absolute Gasteiger partial charge is 0.490 e. The molecule has 148 valence electrons. The summed E-state index contributed by atoms with van der Waals surface area (Å²) in [5, 5.41) is 10.2. The Bertz CT molecular complexity index is 1200. The van der Waals surface area contributed by atoms with Crippen LogP contribution in [0.3, 0.4) is 0 Å². The Hall–Kier alpha value is -2.58. The molecular formula is C20H19ClN6OS. The number of nitrogens with zero attached hydrogens (tertiary/aromatic N) is 6. The molecule has 29 heavy (non-hydrogen) atoms. The Balaban J connectivity index is 1.40. The SMILES string of the molecule is Cc1nnc2sc3c(N4CCC(Oc5ccnc(Cl)c5)CC4)ncnc3c2c1C. The van der Waals surface area contributed by atoms with Gasteiger partial charge in [-0.2, -0.15) is 5.10 Å². The Labute approximate surface area is 176 Å². The van der Waals surface area contributed by atoms with Crippen molar-refractivity contribution in [2.24, 2.45) is 0 Å². The first-order chi connectivity index (χ1) is 14.1. The topological polar surface area (TPSA) is 76.9 Å². The van der Waals surface area contributed by atoms with E-state index in [4.69, 9.17) is 16.3 Å². The van der Waals surface area contributed by atoms with Crippen LogP contribution in [0.5, 0.6) is 5.75 Å². The van der Waals surface area contributed by atoms with Crippen molar-refractivity contribution in [3.05, 3.63) is 41.1 Å². The number of piperidine rings is 1. The lowest BCUT2D eigenvalue weighted by Crippen LogP contribution is -2.38. The van der Waals surface area contributed by atoms with E-state index in [9.17, 15) is 0 Å². The average Bonchev–Trinajstić information content (AvgIpc) is 3.11. The molecule has 0 aromatic carbocycles. The zero-order valence-corrected chi connectivity index (χ0v) is 17.7. The Morgan fingerprint density at radius 3 is 2.76 bits per heavy atom. The minimum absolute atomic E-state index is 0.153. The minimum atomic E-state index is 0.153. The van der Waals surface area contributed by atoms with Crippen molar-refractivity contribution in [3.8, 4) is 5.75 Å².